The Labute approximate surface area is 109 Å². The monoisotopic (exact) mass is 246 g/mol. The van der Waals surface area contributed by atoms with Crippen LogP contribution in [0.5, 0.6) is 0 Å². The summed E-state index contributed by atoms with van der Waals surface area (Å²) < 4.78 is 7.44. The molecule has 0 saturated heterocycles. The fourth-order valence-corrected chi connectivity index (χ4v) is 2.15. The molecule has 98 valence electrons. The van der Waals surface area contributed by atoms with Crippen molar-refractivity contribution in [2.24, 2.45) is 0 Å². The number of hydrogen-bond acceptors (Lipinski definition) is 2. The first-order valence-electron chi connectivity index (χ1n) is 6.51. The van der Waals surface area contributed by atoms with Gasteiger partial charge in [-0.2, -0.15) is 0 Å². The van der Waals surface area contributed by atoms with Crippen LogP contribution in [0.25, 0.3) is 10.9 Å². The predicted molar refractivity (Wildman–Crippen MR) is 75.8 cm³/mol. The van der Waals surface area contributed by atoms with Gasteiger partial charge < -0.3 is 14.6 Å². The molecular weight excluding hydrogens is 224 g/mol. The first-order chi connectivity index (χ1) is 8.72. The minimum Gasteiger partial charge on any atom is -0.383 e. The van der Waals surface area contributed by atoms with E-state index >= 15 is 0 Å². The maximum atomic E-state index is 5.17. The van der Waals surface area contributed by atoms with Gasteiger partial charge in [0.25, 0.3) is 0 Å². The molecule has 0 aliphatic carbocycles. The summed E-state index contributed by atoms with van der Waals surface area (Å²) in [5.41, 5.74) is 2.64. The Morgan fingerprint density at radius 2 is 2.06 bits per heavy atom. The summed E-state index contributed by atoms with van der Waals surface area (Å²) in [6.45, 7) is 6.90. The van der Waals surface area contributed by atoms with Gasteiger partial charge in [-0.3, -0.25) is 0 Å². The van der Waals surface area contributed by atoms with Gasteiger partial charge in [-0.1, -0.05) is 32.0 Å². The van der Waals surface area contributed by atoms with Crippen LogP contribution in [0.2, 0.25) is 0 Å². The highest BCUT2D eigenvalue weighted by atomic mass is 16.5. The summed E-state index contributed by atoms with van der Waals surface area (Å²) in [7, 11) is 1.74. The average Bonchev–Trinajstić information content (AvgIpc) is 2.72. The number of benzene rings is 1. The SMILES string of the molecule is COCCn1cc(CNC(C)C)c2ccccc21. The Morgan fingerprint density at radius 1 is 1.28 bits per heavy atom. The van der Waals surface area contributed by atoms with Crippen LogP contribution in [0, 0.1) is 0 Å². The minimum atomic E-state index is 0.506. The van der Waals surface area contributed by atoms with Crippen LogP contribution in [-0.2, 0) is 17.8 Å². The molecule has 0 aliphatic heterocycles. The van der Waals surface area contributed by atoms with Gasteiger partial charge in [-0.05, 0) is 11.6 Å². The van der Waals surface area contributed by atoms with E-state index in [0.29, 0.717) is 6.04 Å². The number of rotatable bonds is 6. The first-order valence-corrected chi connectivity index (χ1v) is 6.51. The third kappa shape index (κ3) is 2.92. The van der Waals surface area contributed by atoms with Crippen molar-refractivity contribution >= 4 is 10.9 Å². The number of nitrogens with one attached hydrogen (secondary N) is 1. The topological polar surface area (TPSA) is 26.2 Å². The third-order valence-electron chi connectivity index (χ3n) is 3.11. The number of methoxy groups -OCH3 is 1. The zero-order valence-electron chi connectivity index (χ0n) is 11.4. The van der Waals surface area contributed by atoms with E-state index in [1.54, 1.807) is 7.11 Å². The molecule has 1 aromatic heterocycles. The zero-order chi connectivity index (χ0) is 13.0. The summed E-state index contributed by atoms with van der Waals surface area (Å²) in [5, 5.41) is 4.81. The van der Waals surface area contributed by atoms with Gasteiger partial charge in [0.05, 0.1) is 6.61 Å². The fraction of sp³-hybridized carbons (Fsp3) is 0.467. The van der Waals surface area contributed by atoms with Crippen molar-refractivity contribution in [3.8, 4) is 0 Å². The highest BCUT2D eigenvalue weighted by Crippen LogP contribution is 2.21. The Balaban J connectivity index is 2.28. The average molecular weight is 246 g/mol. The molecule has 0 aliphatic rings. The highest BCUT2D eigenvalue weighted by Gasteiger charge is 2.07. The molecule has 0 spiro atoms. The quantitative estimate of drug-likeness (QED) is 0.848. The first kappa shape index (κ1) is 13.1. The second kappa shape index (κ2) is 6.03. The number of nitrogens with zero attached hydrogens (tertiary/aromatic N) is 1. The van der Waals surface area contributed by atoms with Crippen molar-refractivity contribution in [2.75, 3.05) is 13.7 Å². The third-order valence-corrected chi connectivity index (χ3v) is 3.11. The summed E-state index contributed by atoms with van der Waals surface area (Å²) in [6, 6.07) is 9.05. The fourth-order valence-electron chi connectivity index (χ4n) is 2.15. The van der Waals surface area contributed by atoms with E-state index in [2.05, 4.69) is 54.2 Å². The zero-order valence-corrected chi connectivity index (χ0v) is 11.4. The Morgan fingerprint density at radius 3 is 2.78 bits per heavy atom. The Kier molecular flexibility index (Phi) is 4.39. The summed E-state index contributed by atoms with van der Waals surface area (Å²) in [6.07, 6.45) is 2.24. The van der Waals surface area contributed by atoms with Gasteiger partial charge >= 0.3 is 0 Å². The molecule has 18 heavy (non-hydrogen) atoms. The van der Waals surface area contributed by atoms with E-state index in [9.17, 15) is 0 Å². The Hall–Kier alpha value is -1.32. The Bertz CT molecular complexity index is 502. The van der Waals surface area contributed by atoms with Crippen molar-refractivity contribution in [3.05, 3.63) is 36.0 Å². The lowest BCUT2D eigenvalue weighted by atomic mass is 10.2. The molecular formula is C15H22N2O. The number of hydrogen-bond donors (Lipinski definition) is 1. The number of aromatic nitrogens is 1. The van der Waals surface area contributed by atoms with Crippen LogP contribution < -0.4 is 5.32 Å². The second-order valence-corrected chi connectivity index (χ2v) is 4.89. The molecule has 0 atom stereocenters. The molecule has 1 N–H and O–H groups in total. The molecule has 2 aromatic rings. The van der Waals surface area contributed by atoms with E-state index in [-0.39, 0.29) is 0 Å². The van der Waals surface area contributed by atoms with E-state index in [4.69, 9.17) is 4.74 Å². The van der Waals surface area contributed by atoms with Gasteiger partial charge in [0, 0.05) is 43.3 Å². The van der Waals surface area contributed by atoms with Crippen LogP contribution in [0.1, 0.15) is 19.4 Å². The van der Waals surface area contributed by atoms with E-state index in [1.165, 1.54) is 16.5 Å². The normalized spacial score (nSPS) is 11.6. The molecule has 3 heteroatoms. The van der Waals surface area contributed by atoms with Crippen LogP contribution in [0.3, 0.4) is 0 Å². The molecule has 1 heterocycles. The molecule has 3 nitrogen and oxygen atoms in total. The van der Waals surface area contributed by atoms with E-state index in [1.807, 2.05) is 0 Å². The van der Waals surface area contributed by atoms with Crippen molar-refractivity contribution in [1.29, 1.82) is 0 Å². The van der Waals surface area contributed by atoms with Crippen molar-refractivity contribution < 1.29 is 4.74 Å². The maximum absolute atomic E-state index is 5.17. The van der Waals surface area contributed by atoms with Crippen LogP contribution in [-0.4, -0.2) is 24.3 Å². The number of ether oxygens (including phenoxy) is 1. The number of fused-ring (bicyclic) bond motifs is 1. The molecule has 0 bridgehead atoms. The van der Waals surface area contributed by atoms with Gasteiger partial charge in [-0.25, -0.2) is 0 Å². The van der Waals surface area contributed by atoms with E-state index < -0.39 is 0 Å². The van der Waals surface area contributed by atoms with Crippen LogP contribution >= 0.6 is 0 Å². The summed E-state index contributed by atoms with van der Waals surface area (Å²) in [5.74, 6) is 0. The molecule has 1 aromatic carbocycles. The molecule has 0 amide bonds. The van der Waals surface area contributed by atoms with Gasteiger partial charge in [-0.15, -0.1) is 0 Å². The van der Waals surface area contributed by atoms with Crippen molar-refractivity contribution in [3.63, 3.8) is 0 Å². The molecule has 0 fully saturated rings. The standard InChI is InChI=1S/C15H22N2O/c1-12(2)16-10-13-11-17(8-9-18-3)15-7-5-4-6-14(13)15/h4-7,11-12,16H,8-10H2,1-3H3. The minimum absolute atomic E-state index is 0.506. The smallest absolute Gasteiger partial charge is 0.0641 e. The van der Waals surface area contributed by atoms with Crippen molar-refractivity contribution in [2.45, 2.75) is 33.0 Å². The lowest BCUT2D eigenvalue weighted by Gasteiger charge is -2.06. The largest absolute Gasteiger partial charge is 0.383 e. The summed E-state index contributed by atoms with van der Waals surface area (Å²) >= 11 is 0. The van der Waals surface area contributed by atoms with Gasteiger partial charge in [0.1, 0.15) is 0 Å². The summed E-state index contributed by atoms with van der Waals surface area (Å²) in [4.78, 5) is 0. The number of para-hydroxylation sites is 1. The molecule has 2 rings (SSSR count). The van der Waals surface area contributed by atoms with Gasteiger partial charge in [0.2, 0.25) is 0 Å². The molecule has 0 radical (unpaired) electrons. The van der Waals surface area contributed by atoms with Crippen molar-refractivity contribution in [1.82, 2.24) is 9.88 Å². The van der Waals surface area contributed by atoms with Crippen LogP contribution in [0.4, 0.5) is 0 Å². The lowest BCUT2D eigenvalue weighted by molar-refractivity contribution is 0.188. The second-order valence-electron chi connectivity index (χ2n) is 4.89. The molecule has 0 saturated carbocycles. The molecule has 0 unspecified atom stereocenters. The predicted octanol–water partition coefficient (Wildman–Crippen LogP) is 2.79. The lowest BCUT2D eigenvalue weighted by Crippen LogP contribution is -2.21. The highest BCUT2D eigenvalue weighted by molar-refractivity contribution is 5.83. The van der Waals surface area contributed by atoms with Gasteiger partial charge in [0.15, 0.2) is 0 Å². The maximum Gasteiger partial charge on any atom is 0.0641 e. The van der Waals surface area contributed by atoms with E-state index in [0.717, 1.165) is 19.7 Å². The van der Waals surface area contributed by atoms with Crippen LogP contribution in [0.15, 0.2) is 30.5 Å².